The monoisotopic (exact) mass is 293 g/mol. The van der Waals surface area contributed by atoms with Gasteiger partial charge in [0.2, 0.25) is 0 Å². The maximum Gasteiger partial charge on any atom is 0.411 e. The number of aromatic nitrogens is 3. The fourth-order valence-electron chi connectivity index (χ4n) is 0.855. The predicted molar refractivity (Wildman–Crippen MR) is 50.0 cm³/mol. The highest BCUT2D eigenvalue weighted by Gasteiger charge is 2.27. The molecule has 0 bridgehead atoms. The van der Waals surface area contributed by atoms with Gasteiger partial charge in [-0.3, -0.25) is 5.10 Å². The van der Waals surface area contributed by atoms with Gasteiger partial charge in [0.15, 0.2) is 0 Å². The van der Waals surface area contributed by atoms with Gasteiger partial charge in [-0.15, -0.1) is 5.10 Å². The summed E-state index contributed by atoms with van der Waals surface area (Å²) in [5, 5.41) is 4.88. The summed E-state index contributed by atoms with van der Waals surface area (Å²) < 4.78 is 60.9. The number of aromatic amines is 1. The Morgan fingerprint density at radius 1 is 1.41 bits per heavy atom. The van der Waals surface area contributed by atoms with E-state index < -0.39 is 27.0 Å². The van der Waals surface area contributed by atoms with Gasteiger partial charge in [0.05, 0.1) is 6.61 Å². The van der Waals surface area contributed by atoms with Crippen LogP contribution in [0, 0.1) is 0 Å². The Morgan fingerprint density at radius 2 is 2.06 bits per heavy atom. The quantitative estimate of drug-likeness (QED) is 0.643. The average Bonchev–Trinajstić information content (AvgIpc) is 2.58. The van der Waals surface area contributed by atoms with Crippen LogP contribution in [0.4, 0.5) is 13.2 Å². The van der Waals surface area contributed by atoms with E-state index in [2.05, 4.69) is 19.9 Å². The van der Waals surface area contributed by atoms with Crippen molar-refractivity contribution in [3.05, 3.63) is 5.82 Å². The molecule has 11 heteroatoms. The minimum atomic E-state index is -4.40. The summed E-state index contributed by atoms with van der Waals surface area (Å²) in [5.41, 5.74) is 0. The van der Waals surface area contributed by atoms with Gasteiger partial charge >= 0.3 is 6.18 Å². The molecule has 0 unspecified atom stereocenters. The van der Waals surface area contributed by atoms with Crippen LogP contribution in [0.3, 0.4) is 0 Å². The first-order valence-electron chi connectivity index (χ1n) is 4.19. The molecule has 0 amide bonds. The third-order valence-corrected chi connectivity index (χ3v) is 2.51. The Bertz CT molecular complexity index is 472. The predicted octanol–water partition coefficient (Wildman–Crippen LogP) is 0.854. The SMILES string of the molecule is O=S(=O)(Cl)c1n[nH]c(CCOCC(F)(F)F)n1. The molecule has 0 aliphatic heterocycles. The minimum absolute atomic E-state index is 0.0323. The maximum atomic E-state index is 11.7. The molecule has 1 N–H and O–H groups in total. The van der Waals surface area contributed by atoms with Crippen LogP contribution in [0.5, 0.6) is 0 Å². The van der Waals surface area contributed by atoms with Gasteiger partial charge in [0.1, 0.15) is 12.4 Å². The summed E-state index contributed by atoms with van der Waals surface area (Å²) in [7, 11) is 0.902. The van der Waals surface area contributed by atoms with Gasteiger partial charge < -0.3 is 4.74 Å². The number of ether oxygens (including phenoxy) is 1. The van der Waals surface area contributed by atoms with E-state index >= 15 is 0 Å². The second-order valence-electron chi connectivity index (χ2n) is 2.92. The van der Waals surface area contributed by atoms with Gasteiger partial charge in [-0.05, 0) is 0 Å². The number of rotatable bonds is 5. The first kappa shape index (κ1) is 14.2. The van der Waals surface area contributed by atoms with Crippen LogP contribution >= 0.6 is 10.7 Å². The Labute approximate surface area is 98.6 Å². The van der Waals surface area contributed by atoms with Crippen molar-refractivity contribution in [2.45, 2.75) is 17.8 Å². The van der Waals surface area contributed by atoms with Crippen LogP contribution in [-0.4, -0.2) is 43.0 Å². The molecule has 0 spiro atoms. The highest BCUT2D eigenvalue weighted by Crippen LogP contribution is 2.14. The van der Waals surface area contributed by atoms with Gasteiger partial charge in [0, 0.05) is 17.1 Å². The zero-order valence-corrected chi connectivity index (χ0v) is 9.73. The molecule has 6 nitrogen and oxygen atoms in total. The van der Waals surface area contributed by atoms with Crippen molar-refractivity contribution in [1.82, 2.24) is 15.2 Å². The zero-order valence-electron chi connectivity index (χ0n) is 8.16. The van der Waals surface area contributed by atoms with Crippen LogP contribution < -0.4 is 0 Å². The number of alkyl halides is 3. The number of halogens is 4. The van der Waals surface area contributed by atoms with Crippen molar-refractivity contribution < 1.29 is 26.3 Å². The fourth-order valence-corrected chi connectivity index (χ4v) is 1.44. The molecule has 0 aromatic carbocycles. The normalized spacial score (nSPS) is 12.9. The average molecular weight is 294 g/mol. The van der Waals surface area contributed by atoms with E-state index in [4.69, 9.17) is 10.7 Å². The number of hydrogen-bond acceptors (Lipinski definition) is 5. The Balaban J connectivity index is 2.41. The Hall–Kier alpha value is -0.870. The summed E-state index contributed by atoms with van der Waals surface area (Å²) in [6.07, 6.45) is -4.43. The van der Waals surface area contributed by atoms with E-state index in [9.17, 15) is 21.6 Å². The van der Waals surface area contributed by atoms with Crippen molar-refractivity contribution in [2.24, 2.45) is 0 Å². The van der Waals surface area contributed by atoms with Crippen molar-refractivity contribution in [2.75, 3.05) is 13.2 Å². The number of nitrogens with zero attached hydrogens (tertiary/aromatic N) is 2. The largest absolute Gasteiger partial charge is 0.411 e. The molecular formula is C6H7ClF3N3O3S. The molecular weight excluding hydrogens is 287 g/mol. The molecule has 1 heterocycles. The minimum Gasteiger partial charge on any atom is -0.372 e. The lowest BCUT2D eigenvalue weighted by Gasteiger charge is -2.05. The molecule has 1 aromatic rings. The summed E-state index contributed by atoms with van der Waals surface area (Å²) in [4.78, 5) is 3.47. The molecule has 0 aliphatic rings. The molecule has 1 rings (SSSR count). The van der Waals surface area contributed by atoms with E-state index in [0.29, 0.717) is 0 Å². The van der Waals surface area contributed by atoms with Gasteiger partial charge in [-0.2, -0.15) is 13.2 Å². The number of hydrogen-bond donors (Lipinski definition) is 1. The molecule has 17 heavy (non-hydrogen) atoms. The first-order valence-corrected chi connectivity index (χ1v) is 6.50. The molecule has 0 saturated carbocycles. The Kier molecular flexibility index (Phi) is 4.33. The first-order chi connectivity index (χ1) is 7.68. The van der Waals surface area contributed by atoms with Crippen LogP contribution in [-0.2, 0) is 20.2 Å². The number of H-pyrrole nitrogens is 1. The van der Waals surface area contributed by atoms with Crippen LogP contribution in [0.25, 0.3) is 0 Å². The van der Waals surface area contributed by atoms with E-state index in [1.54, 1.807) is 0 Å². The molecule has 98 valence electrons. The topological polar surface area (TPSA) is 84.9 Å². The lowest BCUT2D eigenvalue weighted by Crippen LogP contribution is -2.18. The molecule has 0 saturated heterocycles. The van der Waals surface area contributed by atoms with E-state index in [-0.39, 0.29) is 18.9 Å². The summed E-state index contributed by atoms with van der Waals surface area (Å²) >= 11 is 0. The van der Waals surface area contributed by atoms with Crippen molar-refractivity contribution in [3.63, 3.8) is 0 Å². The van der Waals surface area contributed by atoms with Crippen molar-refractivity contribution in [1.29, 1.82) is 0 Å². The molecule has 0 radical (unpaired) electrons. The third-order valence-electron chi connectivity index (χ3n) is 1.48. The molecule has 0 fully saturated rings. The smallest absolute Gasteiger partial charge is 0.372 e. The summed E-state index contributed by atoms with van der Waals surface area (Å²) in [5.74, 6) is 0.0754. The second kappa shape index (κ2) is 5.19. The molecule has 0 atom stereocenters. The van der Waals surface area contributed by atoms with Gasteiger partial charge in [0.25, 0.3) is 14.2 Å². The second-order valence-corrected chi connectivity index (χ2v) is 5.38. The van der Waals surface area contributed by atoms with Gasteiger partial charge in [-0.1, -0.05) is 0 Å². The summed E-state index contributed by atoms with van der Waals surface area (Å²) in [6.45, 7) is -1.64. The highest BCUT2D eigenvalue weighted by molar-refractivity contribution is 8.13. The van der Waals surface area contributed by atoms with Gasteiger partial charge in [-0.25, -0.2) is 13.4 Å². The Morgan fingerprint density at radius 3 is 2.53 bits per heavy atom. The van der Waals surface area contributed by atoms with Crippen LogP contribution in [0.2, 0.25) is 0 Å². The van der Waals surface area contributed by atoms with Crippen LogP contribution in [0.15, 0.2) is 5.16 Å². The highest BCUT2D eigenvalue weighted by atomic mass is 35.7. The van der Waals surface area contributed by atoms with E-state index in [1.807, 2.05) is 0 Å². The van der Waals surface area contributed by atoms with E-state index in [1.165, 1.54) is 0 Å². The summed E-state index contributed by atoms with van der Waals surface area (Å²) in [6, 6.07) is 0. The number of nitrogens with one attached hydrogen (secondary N) is 1. The van der Waals surface area contributed by atoms with E-state index in [0.717, 1.165) is 0 Å². The standard InChI is InChI=1S/C6H7ClF3N3O3S/c7-17(14,15)5-11-4(12-13-5)1-2-16-3-6(8,9)10/h1-3H2,(H,11,12,13). The fraction of sp³-hybridized carbons (Fsp3) is 0.667. The lowest BCUT2D eigenvalue weighted by atomic mass is 10.4. The van der Waals surface area contributed by atoms with Crippen molar-refractivity contribution in [3.8, 4) is 0 Å². The van der Waals surface area contributed by atoms with Crippen molar-refractivity contribution >= 4 is 19.7 Å². The third kappa shape index (κ3) is 5.33. The zero-order chi connectivity index (χ0) is 13.1. The maximum absolute atomic E-state index is 11.7. The molecule has 0 aliphatic carbocycles. The lowest BCUT2D eigenvalue weighted by molar-refractivity contribution is -0.173. The van der Waals surface area contributed by atoms with Crippen LogP contribution in [0.1, 0.15) is 5.82 Å². The molecule has 1 aromatic heterocycles.